The van der Waals surface area contributed by atoms with Crippen LogP contribution in [-0.2, 0) is 16.1 Å². The van der Waals surface area contributed by atoms with E-state index in [0.717, 1.165) is 22.8 Å². The molecule has 1 heterocycles. The second-order valence-electron chi connectivity index (χ2n) is 4.11. The molecule has 2 aromatic rings. The van der Waals surface area contributed by atoms with Crippen LogP contribution in [0.5, 0.6) is 0 Å². The molecule has 6 nitrogen and oxygen atoms in total. The van der Waals surface area contributed by atoms with Crippen LogP contribution in [0.25, 0.3) is 11.0 Å². The Kier molecular flexibility index (Phi) is 4.62. The number of hydrogen-bond donors (Lipinski definition) is 2. The van der Waals surface area contributed by atoms with E-state index in [4.69, 9.17) is 5.11 Å². The summed E-state index contributed by atoms with van der Waals surface area (Å²) < 4.78 is 1.74. The van der Waals surface area contributed by atoms with E-state index in [0.29, 0.717) is 11.7 Å². The summed E-state index contributed by atoms with van der Waals surface area (Å²) in [5.74, 6) is -1.11. The lowest BCUT2D eigenvalue weighted by atomic mass is 10.3. The summed E-state index contributed by atoms with van der Waals surface area (Å²) in [6.07, 6.45) is 0. The van der Waals surface area contributed by atoms with E-state index in [1.54, 1.807) is 4.57 Å². The first kappa shape index (κ1) is 14.4. The average molecular weight is 293 g/mol. The summed E-state index contributed by atoms with van der Waals surface area (Å²) in [6, 6.07) is 7.43. The standard InChI is InChI=1S/C13H15N3O3S/c1-2-14-11(17)7-16-10-6-4-3-5-9(10)15-13(16)20-8-12(18)19/h3-6H,2,7-8H2,1H3,(H,14,17)(H,18,19). The molecule has 1 aromatic carbocycles. The predicted octanol–water partition coefficient (Wildman–Crippen LogP) is 1.35. The normalized spacial score (nSPS) is 10.7. The van der Waals surface area contributed by atoms with E-state index in [2.05, 4.69) is 10.3 Å². The van der Waals surface area contributed by atoms with E-state index in [-0.39, 0.29) is 18.2 Å². The monoisotopic (exact) mass is 293 g/mol. The van der Waals surface area contributed by atoms with Crippen molar-refractivity contribution in [3.8, 4) is 0 Å². The number of benzene rings is 1. The molecule has 0 saturated carbocycles. The molecule has 0 aliphatic heterocycles. The highest BCUT2D eigenvalue weighted by Gasteiger charge is 2.14. The van der Waals surface area contributed by atoms with E-state index >= 15 is 0 Å². The number of carboxylic acid groups (broad SMARTS) is 1. The van der Waals surface area contributed by atoms with Crippen molar-refractivity contribution in [3.05, 3.63) is 24.3 Å². The van der Waals surface area contributed by atoms with Crippen molar-refractivity contribution in [2.24, 2.45) is 0 Å². The minimum atomic E-state index is -0.911. The Morgan fingerprint density at radius 3 is 2.85 bits per heavy atom. The summed E-state index contributed by atoms with van der Waals surface area (Å²) in [5.41, 5.74) is 1.58. The number of carbonyl (C=O) groups is 2. The molecule has 106 valence electrons. The number of para-hydroxylation sites is 2. The maximum absolute atomic E-state index is 11.8. The number of carbonyl (C=O) groups excluding carboxylic acids is 1. The highest BCUT2D eigenvalue weighted by Crippen LogP contribution is 2.23. The van der Waals surface area contributed by atoms with Gasteiger partial charge in [0.15, 0.2) is 5.16 Å². The van der Waals surface area contributed by atoms with E-state index in [1.165, 1.54) is 0 Å². The number of aromatic nitrogens is 2. The number of thioether (sulfide) groups is 1. The van der Waals surface area contributed by atoms with Crippen LogP contribution < -0.4 is 5.32 Å². The number of nitrogens with zero attached hydrogens (tertiary/aromatic N) is 2. The number of fused-ring (bicyclic) bond motifs is 1. The molecular formula is C13H15N3O3S. The first-order valence-electron chi connectivity index (χ1n) is 6.18. The van der Waals surface area contributed by atoms with E-state index in [9.17, 15) is 9.59 Å². The number of rotatable bonds is 6. The second kappa shape index (κ2) is 6.42. The fourth-order valence-corrected chi connectivity index (χ4v) is 2.57. The van der Waals surface area contributed by atoms with Gasteiger partial charge >= 0.3 is 5.97 Å². The molecule has 0 aliphatic carbocycles. The number of hydrogen-bond acceptors (Lipinski definition) is 4. The van der Waals surface area contributed by atoms with Gasteiger partial charge in [-0.25, -0.2) is 4.98 Å². The molecule has 1 amide bonds. The molecule has 0 aliphatic rings. The lowest BCUT2D eigenvalue weighted by Gasteiger charge is -2.08. The first-order valence-corrected chi connectivity index (χ1v) is 7.17. The molecule has 7 heteroatoms. The maximum Gasteiger partial charge on any atom is 0.313 e. The van der Waals surface area contributed by atoms with Crippen LogP contribution >= 0.6 is 11.8 Å². The van der Waals surface area contributed by atoms with Gasteiger partial charge in [0.25, 0.3) is 0 Å². The van der Waals surface area contributed by atoms with Crippen LogP contribution in [0.4, 0.5) is 0 Å². The Labute approximate surface area is 120 Å². The number of carboxylic acids is 1. The third kappa shape index (κ3) is 3.30. The highest BCUT2D eigenvalue weighted by atomic mass is 32.2. The molecule has 0 unspecified atom stereocenters. The minimum Gasteiger partial charge on any atom is -0.481 e. The largest absolute Gasteiger partial charge is 0.481 e. The fourth-order valence-electron chi connectivity index (χ4n) is 1.84. The Balaban J connectivity index is 2.33. The molecule has 0 atom stereocenters. The van der Waals surface area contributed by atoms with Crippen molar-refractivity contribution < 1.29 is 14.7 Å². The summed E-state index contributed by atoms with van der Waals surface area (Å²) in [4.78, 5) is 26.8. The molecule has 0 saturated heterocycles. The highest BCUT2D eigenvalue weighted by molar-refractivity contribution is 7.99. The van der Waals surface area contributed by atoms with Gasteiger partial charge in [0.05, 0.1) is 16.8 Å². The molecule has 2 N–H and O–H groups in total. The zero-order valence-electron chi connectivity index (χ0n) is 11.0. The second-order valence-corrected chi connectivity index (χ2v) is 5.05. The predicted molar refractivity (Wildman–Crippen MR) is 76.8 cm³/mol. The number of aliphatic carboxylic acids is 1. The van der Waals surface area contributed by atoms with Gasteiger partial charge in [-0.15, -0.1) is 0 Å². The van der Waals surface area contributed by atoms with Crippen molar-refractivity contribution in [3.63, 3.8) is 0 Å². The van der Waals surface area contributed by atoms with Crippen molar-refractivity contribution in [1.29, 1.82) is 0 Å². The lowest BCUT2D eigenvalue weighted by Crippen LogP contribution is -2.27. The zero-order valence-corrected chi connectivity index (χ0v) is 11.8. The summed E-state index contributed by atoms with van der Waals surface area (Å²) in [5, 5.41) is 12.0. The number of imidazole rings is 1. The molecule has 20 heavy (non-hydrogen) atoms. The van der Waals surface area contributed by atoms with Gasteiger partial charge in [0.1, 0.15) is 6.54 Å². The number of amides is 1. The Hall–Kier alpha value is -2.02. The quantitative estimate of drug-likeness (QED) is 0.785. The number of nitrogens with one attached hydrogen (secondary N) is 1. The van der Waals surface area contributed by atoms with Crippen LogP contribution in [0.2, 0.25) is 0 Å². The van der Waals surface area contributed by atoms with Crippen molar-refractivity contribution in [2.75, 3.05) is 12.3 Å². The van der Waals surface area contributed by atoms with Gasteiger partial charge in [-0.1, -0.05) is 23.9 Å². The smallest absolute Gasteiger partial charge is 0.313 e. The molecular weight excluding hydrogens is 278 g/mol. The van der Waals surface area contributed by atoms with Gasteiger partial charge in [-0.05, 0) is 19.1 Å². The third-order valence-corrected chi connectivity index (χ3v) is 3.58. The van der Waals surface area contributed by atoms with Crippen molar-refractivity contribution in [1.82, 2.24) is 14.9 Å². The summed E-state index contributed by atoms with van der Waals surface area (Å²) in [6.45, 7) is 2.55. The van der Waals surface area contributed by atoms with Crippen LogP contribution in [-0.4, -0.2) is 38.8 Å². The van der Waals surface area contributed by atoms with Gasteiger partial charge in [-0.3, -0.25) is 9.59 Å². The third-order valence-electron chi connectivity index (χ3n) is 2.62. The van der Waals surface area contributed by atoms with Crippen LogP contribution in [0.15, 0.2) is 29.4 Å². The van der Waals surface area contributed by atoms with Crippen molar-refractivity contribution >= 4 is 34.7 Å². The van der Waals surface area contributed by atoms with Gasteiger partial charge in [0, 0.05) is 6.54 Å². The van der Waals surface area contributed by atoms with Crippen LogP contribution in [0.1, 0.15) is 6.92 Å². The average Bonchev–Trinajstić information content (AvgIpc) is 2.75. The van der Waals surface area contributed by atoms with E-state index < -0.39 is 5.97 Å². The van der Waals surface area contributed by atoms with Gasteiger partial charge in [0.2, 0.25) is 5.91 Å². The summed E-state index contributed by atoms with van der Waals surface area (Å²) >= 11 is 1.11. The van der Waals surface area contributed by atoms with Crippen LogP contribution in [0.3, 0.4) is 0 Å². The Morgan fingerprint density at radius 2 is 2.15 bits per heavy atom. The molecule has 1 aromatic heterocycles. The molecule has 2 rings (SSSR count). The Bertz CT molecular complexity index is 639. The zero-order chi connectivity index (χ0) is 14.5. The molecule has 0 spiro atoms. The van der Waals surface area contributed by atoms with Crippen molar-refractivity contribution in [2.45, 2.75) is 18.6 Å². The topological polar surface area (TPSA) is 84.2 Å². The maximum atomic E-state index is 11.8. The summed E-state index contributed by atoms with van der Waals surface area (Å²) in [7, 11) is 0. The van der Waals surface area contributed by atoms with E-state index in [1.807, 2.05) is 31.2 Å². The fraction of sp³-hybridized carbons (Fsp3) is 0.308. The SMILES string of the molecule is CCNC(=O)Cn1c(SCC(=O)O)nc2ccccc21. The van der Waals surface area contributed by atoms with Gasteiger partial charge < -0.3 is 15.0 Å². The lowest BCUT2D eigenvalue weighted by molar-refractivity contribution is -0.133. The first-order chi connectivity index (χ1) is 9.61. The van der Waals surface area contributed by atoms with Crippen LogP contribution in [0, 0.1) is 0 Å². The number of likely N-dealkylation sites (N-methyl/N-ethyl adjacent to an activating group) is 1. The minimum absolute atomic E-state index is 0.0846. The Morgan fingerprint density at radius 1 is 1.40 bits per heavy atom. The molecule has 0 fully saturated rings. The molecule has 0 radical (unpaired) electrons. The molecule has 0 bridgehead atoms. The van der Waals surface area contributed by atoms with Gasteiger partial charge in [-0.2, -0.15) is 0 Å².